The highest BCUT2D eigenvalue weighted by Crippen LogP contribution is 2.39. The number of ether oxygens (including phenoxy) is 2. The fourth-order valence-corrected chi connectivity index (χ4v) is 4.67. The van der Waals surface area contributed by atoms with Crippen molar-refractivity contribution in [2.24, 2.45) is 0 Å². The lowest BCUT2D eigenvalue weighted by Crippen LogP contribution is -2.39. The predicted molar refractivity (Wildman–Crippen MR) is 126 cm³/mol. The molecule has 4 heterocycles. The summed E-state index contributed by atoms with van der Waals surface area (Å²) in [7, 11) is 3.18. The van der Waals surface area contributed by atoms with Crippen molar-refractivity contribution in [1.29, 1.82) is 0 Å². The SMILES string of the molecule is COc1ccc(-c2cccc3c2CCN(C(=O)c2cc4ccc(Cl)cn4n2)C3C)c(OC)n1. The standard InChI is InChI=1S/C25H23ClN4O3/c1-15-18-5-4-6-19(21-9-10-23(32-2)27-24(21)33-3)20(18)11-12-29(15)25(31)22-13-17-8-7-16(26)14-30(17)28-22/h4-10,13-15H,11-12H2,1-3H3. The van der Waals surface area contributed by atoms with Gasteiger partial charge in [0, 0.05) is 24.4 Å². The molecule has 33 heavy (non-hydrogen) atoms. The monoisotopic (exact) mass is 462 g/mol. The molecule has 7 nitrogen and oxygen atoms in total. The van der Waals surface area contributed by atoms with Crippen LogP contribution in [-0.2, 0) is 6.42 Å². The average molecular weight is 463 g/mol. The Morgan fingerprint density at radius 1 is 1.09 bits per heavy atom. The largest absolute Gasteiger partial charge is 0.481 e. The van der Waals surface area contributed by atoms with Gasteiger partial charge in [-0.1, -0.05) is 29.8 Å². The Bertz CT molecular complexity index is 1370. The summed E-state index contributed by atoms with van der Waals surface area (Å²) >= 11 is 6.06. The van der Waals surface area contributed by atoms with Crippen molar-refractivity contribution in [3.05, 3.63) is 76.6 Å². The Morgan fingerprint density at radius 3 is 2.73 bits per heavy atom. The first-order valence-electron chi connectivity index (χ1n) is 10.7. The van der Waals surface area contributed by atoms with E-state index in [1.54, 1.807) is 37.1 Å². The second-order valence-electron chi connectivity index (χ2n) is 7.95. The molecule has 0 saturated heterocycles. The van der Waals surface area contributed by atoms with Crippen molar-refractivity contribution in [2.45, 2.75) is 19.4 Å². The maximum absolute atomic E-state index is 13.4. The molecule has 0 bridgehead atoms. The molecule has 1 aliphatic heterocycles. The van der Waals surface area contributed by atoms with E-state index < -0.39 is 0 Å². The average Bonchev–Trinajstić information content (AvgIpc) is 3.26. The number of carbonyl (C=O) groups is 1. The number of amides is 1. The lowest BCUT2D eigenvalue weighted by Gasteiger charge is -2.36. The molecule has 1 aromatic carbocycles. The zero-order valence-corrected chi connectivity index (χ0v) is 19.3. The number of hydrogen-bond donors (Lipinski definition) is 0. The van der Waals surface area contributed by atoms with Gasteiger partial charge in [-0.05, 0) is 54.3 Å². The minimum absolute atomic E-state index is 0.0953. The number of hydrogen-bond acceptors (Lipinski definition) is 5. The van der Waals surface area contributed by atoms with Gasteiger partial charge in [-0.3, -0.25) is 4.79 Å². The van der Waals surface area contributed by atoms with Crippen LogP contribution in [0.5, 0.6) is 11.8 Å². The normalized spacial score (nSPS) is 15.4. The number of benzene rings is 1. The highest BCUT2D eigenvalue weighted by atomic mass is 35.5. The maximum atomic E-state index is 13.4. The zero-order valence-electron chi connectivity index (χ0n) is 18.6. The van der Waals surface area contributed by atoms with Crippen LogP contribution in [0.1, 0.15) is 34.6 Å². The fraction of sp³-hybridized carbons (Fsp3) is 0.240. The fourth-order valence-electron chi connectivity index (χ4n) is 4.51. The van der Waals surface area contributed by atoms with Gasteiger partial charge in [-0.25, -0.2) is 4.52 Å². The first kappa shape index (κ1) is 21.3. The molecule has 0 radical (unpaired) electrons. The number of methoxy groups -OCH3 is 2. The summed E-state index contributed by atoms with van der Waals surface area (Å²) < 4.78 is 12.4. The van der Waals surface area contributed by atoms with Crippen LogP contribution < -0.4 is 9.47 Å². The summed E-state index contributed by atoms with van der Waals surface area (Å²) in [6.07, 6.45) is 2.42. The lowest BCUT2D eigenvalue weighted by atomic mass is 9.87. The zero-order chi connectivity index (χ0) is 23.1. The quantitative estimate of drug-likeness (QED) is 0.434. The highest BCUT2D eigenvalue weighted by Gasteiger charge is 2.31. The Labute approximate surface area is 196 Å². The molecule has 0 spiro atoms. The molecule has 1 atom stereocenters. The summed E-state index contributed by atoms with van der Waals surface area (Å²) in [4.78, 5) is 19.7. The first-order chi connectivity index (χ1) is 16.0. The topological polar surface area (TPSA) is 69.0 Å². The number of carbonyl (C=O) groups excluding carboxylic acids is 1. The molecule has 0 aliphatic carbocycles. The van der Waals surface area contributed by atoms with Crippen molar-refractivity contribution >= 4 is 23.0 Å². The highest BCUT2D eigenvalue weighted by molar-refractivity contribution is 6.30. The van der Waals surface area contributed by atoms with Crippen LogP contribution in [0, 0.1) is 0 Å². The molecule has 1 unspecified atom stereocenters. The van der Waals surface area contributed by atoms with Gasteiger partial charge in [0.05, 0.1) is 30.8 Å². The van der Waals surface area contributed by atoms with Crippen LogP contribution in [0.3, 0.4) is 0 Å². The molecule has 0 saturated carbocycles. The number of pyridine rings is 2. The third-order valence-electron chi connectivity index (χ3n) is 6.16. The second kappa shape index (κ2) is 8.41. The number of aromatic nitrogens is 3. The Morgan fingerprint density at radius 2 is 1.94 bits per heavy atom. The van der Waals surface area contributed by atoms with Gasteiger partial charge in [0.25, 0.3) is 5.91 Å². The minimum atomic E-state index is -0.105. The van der Waals surface area contributed by atoms with Crippen LogP contribution in [-0.4, -0.2) is 46.2 Å². The van der Waals surface area contributed by atoms with E-state index in [0.717, 1.165) is 28.6 Å². The van der Waals surface area contributed by atoms with Gasteiger partial charge in [0.2, 0.25) is 11.8 Å². The molecular formula is C25H23ClN4O3. The van der Waals surface area contributed by atoms with Gasteiger partial charge in [-0.15, -0.1) is 0 Å². The van der Waals surface area contributed by atoms with E-state index in [0.29, 0.717) is 29.0 Å². The van der Waals surface area contributed by atoms with E-state index in [9.17, 15) is 4.79 Å². The number of nitrogens with zero attached hydrogens (tertiary/aromatic N) is 4. The summed E-state index contributed by atoms with van der Waals surface area (Å²) in [5.41, 5.74) is 5.50. The molecule has 1 aliphatic rings. The second-order valence-corrected chi connectivity index (χ2v) is 8.39. The van der Waals surface area contributed by atoms with Gasteiger partial charge >= 0.3 is 0 Å². The van der Waals surface area contributed by atoms with Gasteiger partial charge in [-0.2, -0.15) is 10.1 Å². The summed E-state index contributed by atoms with van der Waals surface area (Å²) in [6.45, 7) is 2.64. The van der Waals surface area contributed by atoms with Crippen molar-refractivity contribution in [3.8, 4) is 22.9 Å². The van der Waals surface area contributed by atoms with E-state index >= 15 is 0 Å². The maximum Gasteiger partial charge on any atom is 0.274 e. The smallest absolute Gasteiger partial charge is 0.274 e. The molecule has 4 aromatic rings. The number of rotatable bonds is 4. The van der Waals surface area contributed by atoms with E-state index in [-0.39, 0.29) is 11.9 Å². The third-order valence-corrected chi connectivity index (χ3v) is 6.39. The van der Waals surface area contributed by atoms with Crippen LogP contribution in [0.4, 0.5) is 0 Å². The lowest BCUT2D eigenvalue weighted by molar-refractivity contribution is 0.0671. The van der Waals surface area contributed by atoms with E-state index in [1.807, 2.05) is 29.2 Å². The van der Waals surface area contributed by atoms with Gasteiger partial charge < -0.3 is 14.4 Å². The molecular weight excluding hydrogens is 440 g/mol. The van der Waals surface area contributed by atoms with Crippen LogP contribution in [0.15, 0.2) is 54.7 Å². The van der Waals surface area contributed by atoms with Crippen molar-refractivity contribution in [1.82, 2.24) is 19.5 Å². The van der Waals surface area contributed by atoms with Crippen LogP contribution in [0.25, 0.3) is 16.6 Å². The Kier molecular flexibility index (Phi) is 5.42. The summed E-state index contributed by atoms with van der Waals surface area (Å²) in [6, 6.07) is 15.3. The van der Waals surface area contributed by atoms with Crippen molar-refractivity contribution in [3.63, 3.8) is 0 Å². The van der Waals surface area contributed by atoms with Gasteiger partial charge in [0.1, 0.15) is 0 Å². The molecule has 0 N–H and O–H groups in total. The summed E-state index contributed by atoms with van der Waals surface area (Å²) in [5.74, 6) is 0.915. The molecule has 0 fully saturated rings. The summed E-state index contributed by atoms with van der Waals surface area (Å²) in [5, 5.41) is 5.02. The van der Waals surface area contributed by atoms with Crippen molar-refractivity contribution in [2.75, 3.05) is 20.8 Å². The number of fused-ring (bicyclic) bond motifs is 2. The van der Waals surface area contributed by atoms with Crippen LogP contribution in [0.2, 0.25) is 5.02 Å². The molecule has 3 aromatic heterocycles. The van der Waals surface area contributed by atoms with E-state index in [4.69, 9.17) is 21.1 Å². The van der Waals surface area contributed by atoms with E-state index in [2.05, 4.69) is 29.1 Å². The van der Waals surface area contributed by atoms with Crippen molar-refractivity contribution < 1.29 is 14.3 Å². The molecule has 1 amide bonds. The minimum Gasteiger partial charge on any atom is -0.481 e. The van der Waals surface area contributed by atoms with E-state index in [1.165, 1.54) is 5.56 Å². The predicted octanol–water partition coefficient (Wildman–Crippen LogP) is 4.83. The first-order valence-corrected chi connectivity index (χ1v) is 11.0. The van der Waals surface area contributed by atoms with Gasteiger partial charge in [0.15, 0.2) is 5.69 Å². The molecule has 8 heteroatoms. The molecule has 168 valence electrons. The van der Waals surface area contributed by atoms with Crippen LogP contribution >= 0.6 is 11.6 Å². The Hall–Kier alpha value is -3.58. The third kappa shape index (κ3) is 3.68. The Balaban J connectivity index is 1.50. The molecule has 5 rings (SSSR count). The number of halogens is 1.